The van der Waals surface area contributed by atoms with E-state index in [-0.39, 0.29) is 43.6 Å². The fraction of sp³-hybridized carbons (Fsp3) is 0.859. The van der Waals surface area contributed by atoms with Crippen molar-refractivity contribution in [2.75, 3.05) is 324 Å². The number of hydrogen-bond acceptors (Lipinski definition) is 32. The maximum Gasteiger partial charge on any atom is 0.335 e. The molecule has 0 spiro atoms. The standard InChI is InChI=1S/C64H115N3O29S2/c1-59(97-98-61-4-2-3-8-66-61)58-60(68)65-9-11-73-13-15-75-17-19-77-21-23-79-25-27-81-29-31-83-33-35-85-37-39-87-41-43-89-45-47-91-49-51-93-53-55-95-57-56-94-54-52-92-50-48-90-46-44-88-42-40-86-38-36-84-34-32-82-30-28-80-26-24-78-22-20-76-18-16-74-14-12-72-10-7-64(71)96-67-62(69)5-6-63(67)70/h2-4,8,59H,5-7,9-58H2,1H3,(H,65,68). The smallest absolute Gasteiger partial charge is 0.335 e. The number of amides is 3. The van der Waals surface area contributed by atoms with Crippen LogP contribution in [-0.4, -0.2) is 363 Å². The number of aromatic nitrogens is 1. The number of nitrogens with zero attached hydrogens (tertiary/aromatic N) is 2. The minimum absolute atomic E-state index is 0.00605. The van der Waals surface area contributed by atoms with Gasteiger partial charge in [0.25, 0.3) is 11.8 Å². The van der Waals surface area contributed by atoms with Gasteiger partial charge >= 0.3 is 5.97 Å². The molecule has 2 rings (SSSR count). The average Bonchev–Trinajstić information content (AvgIpc) is 1.78. The Labute approximate surface area is 587 Å². The zero-order valence-electron chi connectivity index (χ0n) is 57.9. The number of pyridine rings is 1. The monoisotopic (exact) mass is 1450 g/mol. The molecule has 1 aromatic heterocycles. The van der Waals surface area contributed by atoms with Crippen LogP contribution in [0.4, 0.5) is 0 Å². The highest BCUT2D eigenvalue weighted by atomic mass is 33.1. The van der Waals surface area contributed by atoms with E-state index in [2.05, 4.69) is 10.3 Å². The predicted molar refractivity (Wildman–Crippen MR) is 356 cm³/mol. The lowest BCUT2D eigenvalue weighted by molar-refractivity contribution is -0.198. The van der Waals surface area contributed by atoms with Crippen LogP contribution in [0.15, 0.2) is 29.4 Å². The number of rotatable bonds is 81. The van der Waals surface area contributed by atoms with Gasteiger partial charge in [0, 0.05) is 37.3 Å². The van der Waals surface area contributed by atoms with Crippen LogP contribution < -0.4 is 5.32 Å². The predicted octanol–water partition coefficient (Wildman–Crippen LogP) is 2.11. The average molecular weight is 1450 g/mol. The van der Waals surface area contributed by atoms with E-state index in [1.807, 2.05) is 25.1 Å². The first-order chi connectivity index (χ1) is 48.5. The highest BCUT2D eigenvalue weighted by Gasteiger charge is 2.32. The van der Waals surface area contributed by atoms with E-state index < -0.39 is 17.8 Å². The molecule has 1 fully saturated rings. The summed E-state index contributed by atoms with van der Waals surface area (Å²) in [5.74, 6) is -1.73. The summed E-state index contributed by atoms with van der Waals surface area (Å²) in [5, 5.41) is 4.50. The zero-order valence-corrected chi connectivity index (χ0v) is 59.5. The third-order valence-electron chi connectivity index (χ3n) is 12.2. The first kappa shape index (κ1) is 91.1. The van der Waals surface area contributed by atoms with Gasteiger partial charge in [-0.2, -0.15) is 0 Å². The third kappa shape index (κ3) is 66.2. The second kappa shape index (κ2) is 75.1. The fourth-order valence-electron chi connectivity index (χ4n) is 7.28. The first-order valence-electron chi connectivity index (χ1n) is 33.9. The molecular weight excluding hydrogens is 1340 g/mol. The van der Waals surface area contributed by atoms with E-state index in [4.69, 9.17) is 119 Å². The van der Waals surface area contributed by atoms with Crippen molar-refractivity contribution in [1.29, 1.82) is 0 Å². The molecule has 572 valence electrons. The van der Waals surface area contributed by atoms with Gasteiger partial charge in [-0.3, -0.25) is 14.4 Å². The second-order valence-electron chi connectivity index (χ2n) is 20.2. The lowest BCUT2D eigenvalue weighted by Crippen LogP contribution is -2.32. The van der Waals surface area contributed by atoms with Crippen molar-refractivity contribution < 1.29 is 138 Å². The maximum atomic E-state index is 12.1. The number of imide groups is 1. The van der Waals surface area contributed by atoms with E-state index in [1.165, 1.54) is 0 Å². The van der Waals surface area contributed by atoms with Gasteiger partial charge in [-0.25, -0.2) is 9.78 Å². The Balaban J connectivity index is 1.09. The van der Waals surface area contributed by atoms with E-state index in [0.717, 1.165) is 5.03 Å². The number of hydrogen-bond donors (Lipinski definition) is 1. The summed E-state index contributed by atoms with van der Waals surface area (Å²) in [6, 6.07) is 5.78. The van der Waals surface area contributed by atoms with Crippen LogP contribution in [0.5, 0.6) is 0 Å². The summed E-state index contributed by atoms with van der Waals surface area (Å²) in [4.78, 5) is 55.8. The van der Waals surface area contributed by atoms with Crippen LogP contribution in [0.2, 0.25) is 0 Å². The quantitative estimate of drug-likeness (QED) is 0.0554. The van der Waals surface area contributed by atoms with Crippen LogP contribution in [-0.2, 0) is 138 Å². The molecule has 1 atom stereocenters. The van der Waals surface area contributed by atoms with E-state index in [9.17, 15) is 19.2 Å². The van der Waals surface area contributed by atoms with Crippen LogP contribution in [0.25, 0.3) is 0 Å². The first-order valence-corrected chi connectivity index (χ1v) is 36.1. The summed E-state index contributed by atoms with van der Waals surface area (Å²) >= 11 is 0. The van der Waals surface area contributed by atoms with Gasteiger partial charge in [0.15, 0.2) is 0 Å². The Bertz CT molecular complexity index is 1880. The molecular formula is C64H115N3O29S2. The minimum Gasteiger partial charge on any atom is -0.378 e. The molecule has 1 aliphatic rings. The molecule has 1 saturated heterocycles. The Kier molecular flexibility index (Phi) is 69.8. The molecule has 0 aliphatic carbocycles. The number of nitrogens with one attached hydrogen (secondary N) is 1. The molecule has 3 amide bonds. The Morgan fingerprint density at radius 2 is 0.602 bits per heavy atom. The van der Waals surface area contributed by atoms with E-state index in [1.54, 1.807) is 27.8 Å². The molecule has 1 aliphatic heterocycles. The molecule has 0 aromatic carbocycles. The van der Waals surface area contributed by atoms with Gasteiger partial charge in [-0.05, 0) is 22.9 Å². The molecule has 0 bridgehead atoms. The summed E-state index contributed by atoms with van der Waals surface area (Å²) in [6.45, 7) is 24.0. The number of hydroxylamine groups is 2. The van der Waals surface area contributed by atoms with Crippen molar-refractivity contribution >= 4 is 45.3 Å². The van der Waals surface area contributed by atoms with Crippen LogP contribution in [0, 0.1) is 0 Å². The normalized spacial score (nSPS) is 12.8. The Morgan fingerprint density at radius 3 is 0.837 bits per heavy atom. The second-order valence-corrected chi connectivity index (χ2v) is 22.9. The Hall–Kier alpha value is -3.03. The molecule has 0 saturated carbocycles. The van der Waals surface area contributed by atoms with Gasteiger partial charge in [-0.1, -0.05) is 23.8 Å². The van der Waals surface area contributed by atoms with E-state index in [0.29, 0.717) is 322 Å². The topological polar surface area (TPSA) is 327 Å². The van der Waals surface area contributed by atoms with Gasteiger partial charge in [-0.15, -0.1) is 5.06 Å². The summed E-state index contributed by atoms with van der Waals surface area (Å²) in [7, 11) is 3.21. The highest BCUT2D eigenvalue weighted by molar-refractivity contribution is 8.76. The van der Waals surface area contributed by atoms with Crippen molar-refractivity contribution in [1.82, 2.24) is 15.4 Å². The molecule has 34 heteroatoms. The van der Waals surface area contributed by atoms with Crippen molar-refractivity contribution in [2.45, 2.75) is 42.9 Å². The van der Waals surface area contributed by atoms with Gasteiger partial charge in [0.1, 0.15) is 5.03 Å². The van der Waals surface area contributed by atoms with Crippen LogP contribution >= 0.6 is 21.6 Å². The lowest BCUT2D eigenvalue weighted by Gasteiger charge is -2.12. The molecule has 98 heavy (non-hydrogen) atoms. The largest absolute Gasteiger partial charge is 0.378 e. The highest BCUT2D eigenvalue weighted by Crippen LogP contribution is 2.34. The molecule has 1 unspecified atom stereocenters. The number of ether oxygens (including phenoxy) is 24. The molecule has 32 nitrogen and oxygen atoms in total. The summed E-state index contributed by atoms with van der Waals surface area (Å²) in [5.41, 5.74) is 0. The molecule has 1 N–H and O–H groups in total. The zero-order chi connectivity index (χ0) is 69.9. The Morgan fingerprint density at radius 1 is 0.367 bits per heavy atom. The number of carbonyl (C=O) groups is 4. The molecule has 1 aromatic rings. The summed E-state index contributed by atoms with van der Waals surface area (Å²) < 4.78 is 132. The minimum atomic E-state index is -0.706. The van der Waals surface area contributed by atoms with Crippen molar-refractivity contribution in [2.24, 2.45) is 0 Å². The van der Waals surface area contributed by atoms with Gasteiger partial charge < -0.3 is 124 Å². The third-order valence-corrected chi connectivity index (χ3v) is 15.0. The van der Waals surface area contributed by atoms with Crippen molar-refractivity contribution in [3.05, 3.63) is 24.4 Å². The van der Waals surface area contributed by atoms with Crippen LogP contribution in [0.1, 0.15) is 32.6 Å². The maximum absolute atomic E-state index is 12.1. The van der Waals surface area contributed by atoms with Gasteiger partial charge in [0.2, 0.25) is 5.91 Å². The van der Waals surface area contributed by atoms with Crippen LogP contribution in [0.3, 0.4) is 0 Å². The SMILES string of the molecule is CC(CC(=O)NCCOCCOCCOCCOCCOCCOCCOCCOCCOCCOCCOCCOCCOCCOCCOCCOCCOCCOCCOCCOCCOCCOCCOCCOCCC(=O)ON1C(=O)CCC1=O)SSc1ccccn1. The molecule has 0 radical (unpaired) electrons. The fourth-order valence-corrected chi connectivity index (χ4v) is 9.29. The van der Waals surface area contributed by atoms with Crippen molar-refractivity contribution in [3.8, 4) is 0 Å². The molecule has 2 heterocycles. The lowest BCUT2D eigenvalue weighted by atomic mass is 10.3. The van der Waals surface area contributed by atoms with Gasteiger partial charge in [0.05, 0.1) is 324 Å². The number of carbonyl (C=O) groups excluding carboxylic acids is 4. The van der Waals surface area contributed by atoms with E-state index >= 15 is 0 Å². The summed E-state index contributed by atoms with van der Waals surface area (Å²) in [6.07, 6.45) is 2.21. The van der Waals surface area contributed by atoms with Crippen molar-refractivity contribution in [3.63, 3.8) is 0 Å².